The van der Waals surface area contributed by atoms with Gasteiger partial charge in [-0.15, -0.1) is 0 Å². The van der Waals surface area contributed by atoms with E-state index < -0.39 is 0 Å². The summed E-state index contributed by atoms with van der Waals surface area (Å²) in [5.41, 5.74) is 1.23. The molecular weight excluding hydrogens is 230 g/mol. The first kappa shape index (κ1) is 14.4. The molecule has 3 heteroatoms. The molecule has 1 aromatic carbocycles. The largest absolute Gasteiger partial charge is 0.491 e. The zero-order chi connectivity index (χ0) is 12.7. The molecule has 1 unspecified atom stereocenters. The lowest BCUT2D eigenvalue weighted by molar-refractivity contribution is 0.239. The highest BCUT2D eigenvalue weighted by atomic mass is 32.2. The van der Waals surface area contributed by atoms with E-state index in [1.54, 1.807) is 0 Å². The maximum absolute atomic E-state index is 5.79. The lowest BCUT2D eigenvalue weighted by Crippen LogP contribution is -2.27. The minimum absolute atomic E-state index is 0.222. The topological polar surface area (TPSA) is 21.3 Å². The van der Waals surface area contributed by atoms with Crippen molar-refractivity contribution >= 4 is 11.8 Å². The minimum Gasteiger partial charge on any atom is -0.491 e. The molecule has 2 nitrogen and oxygen atoms in total. The Kier molecular flexibility index (Phi) is 6.45. The Labute approximate surface area is 109 Å². The molecule has 0 bridgehead atoms. The molecular formula is C14H23NOS. The van der Waals surface area contributed by atoms with E-state index in [0.29, 0.717) is 6.04 Å². The molecule has 0 aromatic heterocycles. The van der Waals surface area contributed by atoms with Gasteiger partial charge >= 0.3 is 0 Å². The molecule has 1 rings (SSSR count). The molecule has 96 valence electrons. The van der Waals surface area contributed by atoms with Crippen LogP contribution in [-0.2, 0) is 6.54 Å². The van der Waals surface area contributed by atoms with Crippen LogP contribution in [0.5, 0.6) is 5.75 Å². The predicted octanol–water partition coefficient (Wildman–Crippen LogP) is 3.31. The number of hydrogen-bond acceptors (Lipinski definition) is 3. The number of para-hydroxylation sites is 1. The molecule has 1 aromatic rings. The third-order valence-electron chi connectivity index (χ3n) is 2.39. The van der Waals surface area contributed by atoms with Crippen molar-refractivity contribution in [3.8, 4) is 5.75 Å². The average Bonchev–Trinajstić information content (AvgIpc) is 2.27. The normalized spacial score (nSPS) is 12.8. The minimum atomic E-state index is 0.222. The van der Waals surface area contributed by atoms with Gasteiger partial charge in [0.25, 0.3) is 0 Å². The van der Waals surface area contributed by atoms with Gasteiger partial charge in [-0.3, -0.25) is 0 Å². The van der Waals surface area contributed by atoms with Gasteiger partial charge in [0, 0.05) is 23.9 Å². The van der Waals surface area contributed by atoms with Gasteiger partial charge < -0.3 is 10.1 Å². The Morgan fingerprint density at radius 1 is 1.24 bits per heavy atom. The summed E-state index contributed by atoms with van der Waals surface area (Å²) in [4.78, 5) is 0. The second-order valence-corrected chi connectivity index (χ2v) is 5.42. The second-order valence-electron chi connectivity index (χ2n) is 4.51. The highest BCUT2D eigenvalue weighted by Gasteiger charge is 2.06. The van der Waals surface area contributed by atoms with Crippen LogP contribution < -0.4 is 10.1 Å². The van der Waals surface area contributed by atoms with Crippen molar-refractivity contribution in [2.75, 3.05) is 12.0 Å². The lowest BCUT2D eigenvalue weighted by Gasteiger charge is -2.17. The monoisotopic (exact) mass is 253 g/mol. The smallest absolute Gasteiger partial charge is 0.124 e. The highest BCUT2D eigenvalue weighted by Crippen LogP contribution is 2.19. The summed E-state index contributed by atoms with van der Waals surface area (Å²) < 4.78 is 5.79. The molecule has 0 amide bonds. The molecule has 0 aliphatic heterocycles. The van der Waals surface area contributed by atoms with Crippen LogP contribution in [0.2, 0.25) is 0 Å². The first-order valence-electron chi connectivity index (χ1n) is 6.10. The number of thioether (sulfide) groups is 1. The van der Waals surface area contributed by atoms with Crippen molar-refractivity contribution in [1.29, 1.82) is 0 Å². The Bertz CT molecular complexity index is 328. The van der Waals surface area contributed by atoms with Gasteiger partial charge in [0.1, 0.15) is 5.75 Å². The van der Waals surface area contributed by atoms with Crippen molar-refractivity contribution in [2.24, 2.45) is 0 Å². The van der Waals surface area contributed by atoms with Gasteiger partial charge in [-0.2, -0.15) is 11.8 Å². The maximum Gasteiger partial charge on any atom is 0.124 e. The summed E-state index contributed by atoms with van der Waals surface area (Å²) in [6, 6.07) is 8.76. The molecule has 0 saturated carbocycles. The number of benzene rings is 1. The van der Waals surface area contributed by atoms with Crippen molar-refractivity contribution < 1.29 is 4.74 Å². The Morgan fingerprint density at radius 2 is 1.94 bits per heavy atom. The van der Waals surface area contributed by atoms with Crippen molar-refractivity contribution in [3.05, 3.63) is 29.8 Å². The van der Waals surface area contributed by atoms with Gasteiger partial charge in [-0.25, -0.2) is 0 Å². The number of nitrogens with one attached hydrogen (secondary N) is 1. The first-order chi connectivity index (χ1) is 8.13. The molecule has 0 aliphatic carbocycles. The van der Waals surface area contributed by atoms with Gasteiger partial charge in [-0.1, -0.05) is 18.2 Å². The third-order valence-corrected chi connectivity index (χ3v) is 3.23. The number of rotatable bonds is 7. The van der Waals surface area contributed by atoms with E-state index in [1.165, 1.54) is 5.56 Å². The van der Waals surface area contributed by atoms with Gasteiger partial charge in [-0.05, 0) is 33.1 Å². The average molecular weight is 253 g/mol. The van der Waals surface area contributed by atoms with E-state index in [-0.39, 0.29) is 6.10 Å². The Morgan fingerprint density at radius 3 is 2.59 bits per heavy atom. The zero-order valence-electron chi connectivity index (χ0n) is 11.2. The molecule has 0 heterocycles. The van der Waals surface area contributed by atoms with Crippen LogP contribution in [0.3, 0.4) is 0 Å². The van der Waals surface area contributed by atoms with Crippen LogP contribution in [0, 0.1) is 0 Å². The summed E-state index contributed by atoms with van der Waals surface area (Å²) in [6.45, 7) is 7.19. The number of hydrogen-bond donors (Lipinski definition) is 1. The van der Waals surface area contributed by atoms with E-state index in [0.717, 1.165) is 18.0 Å². The van der Waals surface area contributed by atoms with E-state index >= 15 is 0 Å². The Balaban J connectivity index is 2.57. The van der Waals surface area contributed by atoms with Crippen molar-refractivity contribution in [1.82, 2.24) is 5.32 Å². The summed E-state index contributed by atoms with van der Waals surface area (Å²) in [5.74, 6) is 2.12. The van der Waals surface area contributed by atoms with Gasteiger partial charge in [0.05, 0.1) is 6.10 Å². The lowest BCUT2D eigenvalue weighted by atomic mass is 10.2. The first-order valence-corrected chi connectivity index (χ1v) is 7.49. The van der Waals surface area contributed by atoms with Crippen LogP contribution in [-0.4, -0.2) is 24.2 Å². The predicted molar refractivity (Wildman–Crippen MR) is 76.9 cm³/mol. The fourth-order valence-corrected chi connectivity index (χ4v) is 2.23. The van der Waals surface area contributed by atoms with Gasteiger partial charge in [0.15, 0.2) is 0 Å². The van der Waals surface area contributed by atoms with Crippen LogP contribution >= 0.6 is 11.8 Å². The molecule has 1 N–H and O–H groups in total. The summed E-state index contributed by atoms with van der Waals surface area (Å²) in [6.07, 6.45) is 2.35. The molecule has 0 spiro atoms. The fourth-order valence-electron chi connectivity index (χ4n) is 1.61. The standard InChI is InChI=1S/C14H23NOS/c1-11(2)16-14-8-6-5-7-13(14)9-15-12(3)10-17-4/h5-8,11-12,15H,9-10H2,1-4H3. The van der Waals surface area contributed by atoms with Crippen LogP contribution in [0.1, 0.15) is 26.3 Å². The fraction of sp³-hybridized carbons (Fsp3) is 0.571. The van der Waals surface area contributed by atoms with E-state index in [1.807, 2.05) is 23.9 Å². The van der Waals surface area contributed by atoms with Crippen molar-refractivity contribution in [2.45, 2.75) is 39.5 Å². The molecule has 17 heavy (non-hydrogen) atoms. The number of ether oxygens (including phenoxy) is 1. The van der Waals surface area contributed by atoms with Crippen LogP contribution in [0.15, 0.2) is 24.3 Å². The SMILES string of the molecule is CSCC(C)NCc1ccccc1OC(C)C. The molecule has 0 fully saturated rings. The van der Waals surface area contributed by atoms with Crippen LogP contribution in [0.25, 0.3) is 0 Å². The van der Waals surface area contributed by atoms with Crippen molar-refractivity contribution in [3.63, 3.8) is 0 Å². The summed E-state index contributed by atoms with van der Waals surface area (Å²) in [5, 5.41) is 3.51. The quantitative estimate of drug-likeness (QED) is 0.805. The molecule has 0 radical (unpaired) electrons. The van der Waals surface area contributed by atoms with Crippen LogP contribution in [0.4, 0.5) is 0 Å². The van der Waals surface area contributed by atoms with E-state index in [2.05, 4.69) is 44.5 Å². The molecule has 1 atom stereocenters. The maximum atomic E-state index is 5.79. The summed E-state index contributed by atoms with van der Waals surface area (Å²) >= 11 is 1.87. The second kappa shape index (κ2) is 7.62. The molecule has 0 saturated heterocycles. The highest BCUT2D eigenvalue weighted by molar-refractivity contribution is 7.98. The summed E-state index contributed by atoms with van der Waals surface area (Å²) in [7, 11) is 0. The van der Waals surface area contributed by atoms with E-state index in [9.17, 15) is 0 Å². The third kappa shape index (κ3) is 5.46. The van der Waals surface area contributed by atoms with E-state index in [4.69, 9.17) is 4.74 Å². The Hall–Kier alpha value is -0.670. The van der Waals surface area contributed by atoms with Gasteiger partial charge in [0.2, 0.25) is 0 Å². The zero-order valence-corrected chi connectivity index (χ0v) is 12.0. The molecule has 0 aliphatic rings.